The Hall–Kier alpha value is -1.59. The molecule has 124 valence electrons. The van der Waals surface area contributed by atoms with E-state index in [1.165, 1.54) is 11.3 Å². The molecular formula is C17H20ClNO3S. The van der Waals surface area contributed by atoms with Crippen LogP contribution in [0.3, 0.4) is 0 Å². The summed E-state index contributed by atoms with van der Waals surface area (Å²) < 4.78 is 6.25. The van der Waals surface area contributed by atoms with Crippen LogP contribution in [-0.4, -0.2) is 18.4 Å². The highest BCUT2D eigenvalue weighted by atomic mass is 35.5. The van der Waals surface area contributed by atoms with Crippen LogP contribution in [0.15, 0.2) is 24.3 Å². The molecule has 1 N–H and O–H groups in total. The number of halogens is 1. The van der Waals surface area contributed by atoms with E-state index in [1.807, 2.05) is 24.3 Å². The van der Waals surface area contributed by atoms with E-state index < -0.39 is 5.97 Å². The smallest absolute Gasteiger partial charge is 0.325 e. The first-order valence-electron chi connectivity index (χ1n) is 7.55. The van der Waals surface area contributed by atoms with Crippen molar-refractivity contribution in [2.24, 2.45) is 5.92 Å². The minimum atomic E-state index is -0.462. The van der Waals surface area contributed by atoms with Crippen LogP contribution >= 0.6 is 22.9 Å². The Labute approximate surface area is 144 Å². The summed E-state index contributed by atoms with van der Waals surface area (Å²) in [7, 11) is 0. The Morgan fingerprint density at radius 1 is 1.30 bits per heavy atom. The van der Waals surface area contributed by atoms with E-state index in [1.54, 1.807) is 0 Å². The van der Waals surface area contributed by atoms with E-state index in [4.69, 9.17) is 16.3 Å². The van der Waals surface area contributed by atoms with Gasteiger partial charge in [0.1, 0.15) is 13.2 Å². The van der Waals surface area contributed by atoms with E-state index in [2.05, 4.69) is 19.2 Å². The van der Waals surface area contributed by atoms with Crippen molar-refractivity contribution in [2.75, 3.05) is 6.54 Å². The maximum absolute atomic E-state index is 11.7. The molecule has 0 fully saturated rings. The third-order valence-electron chi connectivity index (χ3n) is 3.34. The summed E-state index contributed by atoms with van der Waals surface area (Å²) >= 11 is 7.79. The summed E-state index contributed by atoms with van der Waals surface area (Å²) in [5.41, 5.74) is 0. The molecule has 2 rings (SSSR count). The maximum Gasteiger partial charge on any atom is 0.325 e. The molecule has 1 heterocycles. The van der Waals surface area contributed by atoms with E-state index >= 15 is 0 Å². The van der Waals surface area contributed by atoms with E-state index in [9.17, 15) is 9.59 Å². The van der Waals surface area contributed by atoms with Crippen molar-refractivity contribution in [3.8, 4) is 0 Å². The predicted molar refractivity (Wildman–Crippen MR) is 93.7 cm³/mol. The number of rotatable bonds is 7. The van der Waals surface area contributed by atoms with Crippen LogP contribution in [0.2, 0.25) is 5.02 Å². The van der Waals surface area contributed by atoms with Gasteiger partial charge >= 0.3 is 5.97 Å². The standard InChI is InChI=1S/C17H20ClNO3S/c1-11(2)7-8-15(20)19-9-16(21)22-10-14-17(18)12-5-3-4-6-13(12)23-14/h3-6,11H,7-10H2,1-2H3,(H,19,20). The number of esters is 1. The fourth-order valence-corrected chi connectivity index (χ4v) is 3.43. The zero-order chi connectivity index (χ0) is 16.8. The second-order valence-electron chi connectivity index (χ2n) is 5.71. The molecule has 0 atom stereocenters. The summed E-state index contributed by atoms with van der Waals surface area (Å²) in [6.07, 6.45) is 1.23. The van der Waals surface area contributed by atoms with Crippen molar-refractivity contribution in [1.82, 2.24) is 5.32 Å². The van der Waals surface area contributed by atoms with Crippen molar-refractivity contribution < 1.29 is 14.3 Å². The minimum Gasteiger partial charge on any atom is -0.459 e. The third-order valence-corrected chi connectivity index (χ3v) is 5.03. The monoisotopic (exact) mass is 353 g/mol. The van der Waals surface area contributed by atoms with Crippen molar-refractivity contribution in [2.45, 2.75) is 33.3 Å². The fourth-order valence-electron chi connectivity index (χ4n) is 2.03. The van der Waals surface area contributed by atoms with Gasteiger partial charge in [0.15, 0.2) is 0 Å². The first-order valence-corrected chi connectivity index (χ1v) is 8.75. The maximum atomic E-state index is 11.7. The van der Waals surface area contributed by atoms with Gasteiger partial charge in [0.2, 0.25) is 5.91 Å². The molecule has 1 aromatic carbocycles. The lowest BCUT2D eigenvalue weighted by atomic mass is 10.1. The van der Waals surface area contributed by atoms with Gasteiger partial charge in [0.25, 0.3) is 0 Å². The molecular weight excluding hydrogens is 334 g/mol. The van der Waals surface area contributed by atoms with Crippen LogP contribution in [0.5, 0.6) is 0 Å². The summed E-state index contributed by atoms with van der Waals surface area (Å²) in [6, 6.07) is 7.78. The lowest BCUT2D eigenvalue weighted by molar-refractivity contribution is -0.145. The Morgan fingerprint density at radius 2 is 2.04 bits per heavy atom. The van der Waals surface area contributed by atoms with Gasteiger partial charge in [-0.1, -0.05) is 43.6 Å². The zero-order valence-corrected chi connectivity index (χ0v) is 14.8. The lowest BCUT2D eigenvalue weighted by Gasteiger charge is -2.07. The number of ether oxygens (including phenoxy) is 1. The Balaban J connectivity index is 1.79. The van der Waals surface area contributed by atoms with E-state index in [0.717, 1.165) is 21.4 Å². The first-order chi connectivity index (χ1) is 11.0. The van der Waals surface area contributed by atoms with E-state index in [0.29, 0.717) is 17.4 Å². The quantitative estimate of drug-likeness (QED) is 0.761. The van der Waals surface area contributed by atoms with Gasteiger partial charge in [0.05, 0.1) is 9.90 Å². The highest BCUT2D eigenvalue weighted by Crippen LogP contribution is 2.35. The van der Waals surface area contributed by atoms with Gasteiger partial charge < -0.3 is 10.1 Å². The van der Waals surface area contributed by atoms with Gasteiger partial charge in [0, 0.05) is 16.5 Å². The van der Waals surface area contributed by atoms with Crippen LogP contribution in [-0.2, 0) is 20.9 Å². The molecule has 0 aliphatic heterocycles. The molecule has 4 nitrogen and oxygen atoms in total. The van der Waals surface area contributed by atoms with Crippen LogP contribution in [0, 0.1) is 5.92 Å². The number of thiophene rings is 1. The number of hydrogen-bond donors (Lipinski definition) is 1. The number of nitrogens with one attached hydrogen (secondary N) is 1. The first kappa shape index (κ1) is 17.8. The predicted octanol–water partition coefficient (Wildman–Crippen LogP) is 4.15. The van der Waals surface area contributed by atoms with Gasteiger partial charge in [-0.05, 0) is 18.4 Å². The number of fused-ring (bicyclic) bond motifs is 1. The topological polar surface area (TPSA) is 55.4 Å². The van der Waals surface area contributed by atoms with Gasteiger partial charge in [-0.25, -0.2) is 0 Å². The lowest BCUT2D eigenvalue weighted by Crippen LogP contribution is -2.30. The molecule has 0 bridgehead atoms. The largest absolute Gasteiger partial charge is 0.459 e. The zero-order valence-electron chi connectivity index (χ0n) is 13.2. The van der Waals surface area contributed by atoms with Crippen molar-refractivity contribution in [1.29, 1.82) is 0 Å². The second kappa shape index (κ2) is 8.31. The van der Waals surface area contributed by atoms with Gasteiger partial charge in [-0.3, -0.25) is 9.59 Å². The molecule has 0 spiro atoms. The molecule has 6 heteroatoms. The van der Waals surface area contributed by atoms with Crippen molar-refractivity contribution >= 4 is 44.9 Å². The van der Waals surface area contributed by atoms with Gasteiger partial charge in [-0.15, -0.1) is 11.3 Å². The minimum absolute atomic E-state index is 0.112. The number of hydrogen-bond acceptors (Lipinski definition) is 4. The highest BCUT2D eigenvalue weighted by Gasteiger charge is 2.13. The molecule has 23 heavy (non-hydrogen) atoms. The Morgan fingerprint density at radius 3 is 2.74 bits per heavy atom. The molecule has 0 aliphatic carbocycles. The van der Waals surface area contributed by atoms with Crippen LogP contribution in [0.4, 0.5) is 0 Å². The van der Waals surface area contributed by atoms with Crippen molar-refractivity contribution in [3.05, 3.63) is 34.2 Å². The summed E-state index contributed by atoms with van der Waals surface area (Å²) in [6.45, 7) is 4.12. The molecule has 0 radical (unpaired) electrons. The average Bonchev–Trinajstić information content (AvgIpc) is 2.85. The SMILES string of the molecule is CC(C)CCC(=O)NCC(=O)OCc1sc2ccccc2c1Cl. The molecule has 0 aliphatic rings. The molecule has 0 saturated heterocycles. The Kier molecular flexibility index (Phi) is 6.42. The number of amides is 1. The fraction of sp³-hybridized carbons (Fsp3) is 0.412. The number of benzene rings is 1. The third kappa shape index (κ3) is 5.22. The summed E-state index contributed by atoms with van der Waals surface area (Å²) in [4.78, 5) is 24.1. The molecule has 2 aromatic rings. The number of carbonyl (C=O) groups is 2. The average molecular weight is 354 g/mol. The van der Waals surface area contributed by atoms with Crippen LogP contribution < -0.4 is 5.32 Å². The summed E-state index contributed by atoms with van der Waals surface area (Å²) in [5.74, 6) is -0.130. The van der Waals surface area contributed by atoms with Gasteiger partial charge in [-0.2, -0.15) is 0 Å². The molecule has 1 amide bonds. The Bertz CT molecular complexity index is 696. The summed E-state index contributed by atoms with van der Waals surface area (Å²) in [5, 5.41) is 4.16. The van der Waals surface area contributed by atoms with Crippen LogP contribution in [0.25, 0.3) is 10.1 Å². The number of carbonyl (C=O) groups excluding carboxylic acids is 2. The van der Waals surface area contributed by atoms with Crippen molar-refractivity contribution in [3.63, 3.8) is 0 Å². The molecule has 0 unspecified atom stereocenters. The molecule has 0 saturated carbocycles. The molecule has 1 aromatic heterocycles. The second-order valence-corrected chi connectivity index (χ2v) is 7.22. The normalized spacial score (nSPS) is 11.0. The van der Waals surface area contributed by atoms with Crippen LogP contribution in [0.1, 0.15) is 31.6 Å². The van der Waals surface area contributed by atoms with E-state index in [-0.39, 0.29) is 19.1 Å². The highest BCUT2D eigenvalue weighted by molar-refractivity contribution is 7.19.